The number of carbonyl (C=O) groups excluding carboxylic acids is 1. The third-order valence-corrected chi connectivity index (χ3v) is 3.37. The Bertz CT molecular complexity index is 668. The maximum Gasteiger partial charge on any atom is 0.251 e. The lowest BCUT2D eigenvalue weighted by Gasteiger charge is -2.09. The average Bonchev–Trinajstić information content (AvgIpc) is 2.30. The summed E-state index contributed by atoms with van der Waals surface area (Å²) in [7, 11) is 0. The Hall–Kier alpha value is -1.90. The molecule has 2 rings (SSSR count). The van der Waals surface area contributed by atoms with E-state index in [1.165, 1.54) is 0 Å². The predicted octanol–water partition coefficient (Wildman–Crippen LogP) is 2.67. The van der Waals surface area contributed by atoms with E-state index in [0.717, 1.165) is 27.6 Å². The van der Waals surface area contributed by atoms with E-state index < -0.39 is 0 Å². The second-order valence-electron chi connectivity index (χ2n) is 4.76. The highest BCUT2D eigenvalue weighted by molar-refractivity contribution is 5.85. The zero-order valence-electron chi connectivity index (χ0n) is 11.0. The minimum atomic E-state index is -0.0736. The van der Waals surface area contributed by atoms with Crippen molar-refractivity contribution in [1.29, 1.82) is 0 Å². The van der Waals surface area contributed by atoms with E-state index in [-0.39, 0.29) is 11.3 Å². The lowest BCUT2D eigenvalue weighted by atomic mass is 9.99. The standard InChI is InChI=1S/C15H17NO2/c1-9-5-4-6-12-11(3)13(8-7-10(2)17)15(18)16-14(9)12/h4-6H,7-8H2,1-3H3,(H,16,18). The summed E-state index contributed by atoms with van der Waals surface area (Å²) in [5.74, 6) is 0.109. The largest absolute Gasteiger partial charge is 0.321 e. The minimum absolute atomic E-state index is 0.0736. The molecule has 0 aliphatic carbocycles. The van der Waals surface area contributed by atoms with Gasteiger partial charge in [-0.2, -0.15) is 0 Å². The molecule has 0 amide bonds. The van der Waals surface area contributed by atoms with E-state index in [0.29, 0.717) is 12.8 Å². The third-order valence-electron chi connectivity index (χ3n) is 3.37. The van der Waals surface area contributed by atoms with E-state index >= 15 is 0 Å². The van der Waals surface area contributed by atoms with Crippen LogP contribution in [0, 0.1) is 13.8 Å². The molecular formula is C15H17NO2. The van der Waals surface area contributed by atoms with E-state index in [9.17, 15) is 9.59 Å². The van der Waals surface area contributed by atoms with Crippen molar-refractivity contribution in [2.24, 2.45) is 0 Å². The monoisotopic (exact) mass is 243 g/mol. The predicted molar refractivity (Wildman–Crippen MR) is 73.0 cm³/mol. The fourth-order valence-electron chi connectivity index (χ4n) is 2.27. The Balaban J connectivity index is 2.62. The van der Waals surface area contributed by atoms with Gasteiger partial charge in [0.2, 0.25) is 0 Å². The summed E-state index contributed by atoms with van der Waals surface area (Å²) in [5.41, 5.74) is 3.59. The normalized spacial score (nSPS) is 10.8. The smallest absolute Gasteiger partial charge is 0.251 e. The Labute approximate surface area is 106 Å². The van der Waals surface area contributed by atoms with E-state index in [1.54, 1.807) is 6.92 Å². The molecule has 0 fully saturated rings. The molecule has 3 heteroatoms. The van der Waals surface area contributed by atoms with Gasteiger partial charge in [-0.1, -0.05) is 18.2 Å². The van der Waals surface area contributed by atoms with Crippen molar-refractivity contribution in [2.75, 3.05) is 0 Å². The first kappa shape index (κ1) is 12.6. The van der Waals surface area contributed by atoms with Gasteiger partial charge in [-0.25, -0.2) is 0 Å². The van der Waals surface area contributed by atoms with Gasteiger partial charge in [0.1, 0.15) is 5.78 Å². The highest BCUT2D eigenvalue weighted by atomic mass is 16.1. The molecule has 0 aliphatic rings. The summed E-state index contributed by atoms with van der Waals surface area (Å²) in [6, 6.07) is 5.97. The minimum Gasteiger partial charge on any atom is -0.321 e. The molecule has 0 saturated carbocycles. The van der Waals surface area contributed by atoms with E-state index in [2.05, 4.69) is 4.98 Å². The number of aromatic amines is 1. The van der Waals surface area contributed by atoms with Crippen molar-refractivity contribution in [3.8, 4) is 0 Å². The number of fused-ring (bicyclic) bond motifs is 1. The first-order valence-electron chi connectivity index (χ1n) is 6.11. The van der Waals surface area contributed by atoms with Crippen molar-refractivity contribution in [1.82, 2.24) is 4.98 Å². The summed E-state index contributed by atoms with van der Waals surface area (Å²) >= 11 is 0. The molecule has 1 aromatic carbocycles. The summed E-state index contributed by atoms with van der Waals surface area (Å²) < 4.78 is 0. The number of ketones is 1. The molecule has 0 unspecified atom stereocenters. The zero-order valence-corrected chi connectivity index (χ0v) is 11.0. The Morgan fingerprint density at radius 2 is 2.00 bits per heavy atom. The number of aromatic nitrogens is 1. The number of pyridine rings is 1. The highest BCUT2D eigenvalue weighted by Crippen LogP contribution is 2.20. The van der Waals surface area contributed by atoms with Crippen LogP contribution in [0.2, 0.25) is 0 Å². The number of para-hydroxylation sites is 1. The first-order chi connectivity index (χ1) is 8.50. The van der Waals surface area contributed by atoms with Crippen LogP contribution in [0.25, 0.3) is 10.9 Å². The number of Topliss-reactive ketones (excluding diaryl/α,β-unsaturated/α-hetero) is 1. The lowest BCUT2D eigenvalue weighted by molar-refractivity contribution is -0.116. The molecule has 1 N–H and O–H groups in total. The van der Waals surface area contributed by atoms with Gasteiger partial charge in [0.25, 0.3) is 5.56 Å². The van der Waals surface area contributed by atoms with E-state index in [1.807, 2.05) is 32.0 Å². The van der Waals surface area contributed by atoms with Crippen LogP contribution >= 0.6 is 0 Å². The third kappa shape index (κ3) is 2.21. The van der Waals surface area contributed by atoms with Crippen LogP contribution in [0.5, 0.6) is 0 Å². The molecule has 0 saturated heterocycles. The van der Waals surface area contributed by atoms with Crippen LogP contribution in [0.3, 0.4) is 0 Å². The molecule has 0 atom stereocenters. The first-order valence-corrected chi connectivity index (χ1v) is 6.11. The molecule has 0 spiro atoms. The van der Waals surface area contributed by atoms with Crippen molar-refractivity contribution < 1.29 is 4.79 Å². The fourth-order valence-corrected chi connectivity index (χ4v) is 2.27. The molecule has 1 heterocycles. The summed E-state index contributed by atoms with van der Waals surface area (Å²) in [6.45, 7) is 5.48. The summed E-state index contributed by atoms with van der Waals surface area (Å²) in [6.07, 6.45) is 0.932. The number of hydrogen-bond donors (Lipinski definition) is 1. The van der Waals surface area contributed by atoms with Crippen molar-refractivity contribution in [3.05, 3.63) is 45.2 Å². The molecule has 94 valence electrons. The number of rotatable bonds is 3. The molecule has 1 aromatic heterocycles. The number of benzene rings is 1. The van der Waals surface area contributed by atoms with Crippen LogP contribution in [-0.4, -0.2) is 10.8 Å². The highest BCUT2D eigenvalue weighted by Gasteiger charge is 2.10. The molecule has 2 aromatic rings. The van der Waals surface area contributed by atoms with Gasteiger partial charge < -0.3 is 9.78 Å². The number of aryl methyl sites for hydroxylation is 2. The molecule has 0 radical (unpaired) electrons. The van der Waals surface area contributed by atoms with Crippen LogP contribution in [0.4, 0.5) is 0 Å². The van der Waals surface area contributed by atoms with Crippen LogP contribution in [0.15, 0.2) is 23.0 Å². The topological polar surface area (TPSA) is 49.9 Å². The van der Waals surface area contributed by atoms with Crippen molar-refractivity contribution >= 4 is 16.7 Å². The van der Waals surface area contributed by atoms with Crippen LogP contribution < -0.4 is 5.56 Å². The summed E-state index contributed by atoms with van der Waals surface area (Å²) in [4.78, 5) is 26.0. The zero-order chi connectivity index (χ0) is 13.3. The molecule has 0 bridgehead atoms. The maximum atomic E-state index is 12.1. The van der Waals surface area contributed by atoms with Crippen LogP contribution in [0.1, 0.15) is 30.0 Å². The van der Waals surface area contributed by atoms with Crippen LogP contribution in [-0.2, 0) is 11.2 Å². The quantitative estimate of drug-likeness (QED) is 0.901. The maximum absolute atomic E-state index is 12.1. The average molecular weight is 243 g/mol. The fraction of sp³-hybridized carbons (Fsp3) is 0.333. The SMILES string of the molecule is CC(=O)CCc1c(C)c2cccc(C)c2[nH]c1=O. The molecular weight excluding hydrogens is 226 g/mol. The number of H-pyrrole nitrogens is 1. The number of nitrogens with one attached hydrogen (secondary N) is 1. The van der Waals surface area contributed by atoms with Gasteiger partial charge in [-0.3, -0.25) is 4.79 Å². The Morgan fingerprint density at radius 1 is 1.28 bits per heavy atom. The van der Waals surface area contributed by atoms with Gasteiger partial charge in [0.15, 0.2) is 0 Å². The van der Waals surface area contributed by atoms with Crippen molar-refractivity contribution in [3.63, 3.8) is 0 Å². The Morgan fingerprint density at radius 3 is 2.67 bits per heavy atom. The molecule has 0 aliphatic heterocycles. The van der Waals surface area contributed by atoms with Gasteiger partial charge in [-0.05, 0) is 38.3 Å². The Kier molecular flexibility index (Phi) is 3.32. The second-order valence-corrected chi connectivity index (χ2v) is 4.76. The number of hydrogen-bond acceptors (Lipinski definition) is 2. The molecule has 3 nitrogen and oxygen atoms in total. The van der Waals surface area contributed by atoms with Gasteiger partial charge in [0.05, 0.1) is 5.52 Å². The van der Waals surface area contributed by atoms with E-state index in [4.69, 9.17) is 0 Å². The second kappa shape index (κ2) is 4.77. The van der Waals surface area contributed by atoms with Crippen molar-refractivity contribution in [2.45, 2.75) is 33.6 Å². The number of carbonyl (C=O) groups is 1. The van der Waals surface area contributed by atoms with Gasteiger partial charge in [0, 0.05) is 17.4 Å². The lowest BCUT2D eigenvalue weighted by Crippen LogP contribution is -2.16. The van der Waals surface area contributed by atoms with Gasteiger partial charge in [-0.15, -0.1) is 0 Å². The summed E-state index contributed by atoms with van der Waals surface area (Å²) in [5, 5.41) is 1.06. The van der Waals surface area contributed by atoms with Gasteiger partial charge >= 0.3 is 0 Å². The molecule has 18 heavy (non-hydrogen) atoms.